The smallest absolute Gasteiger partial charge is 0.129 e. The molecule has 2 fully saturated rings. The zero-order valence-corrected chi connectivity index (χ0v) is 14.0. The summed E-state index contributed by atoms with van der Waals surface area (Å²) >= 11 is 8.20. The second kappa shape index (κ2) is 4.79. The number of fused-ring (bicyclic) bond motifs is 1. The third kappa shape index (κ3) is 2.13. The van der Waals surface area contributed by atoms with Crippen LogP contribution in [0, 0.1) is 5.41 Å². The van der Waals surface area contributed by atoms with E-state index in [1.807, 2.05) is 12.3 Å². The summed E-state index contributed by atoms with van der Waals surface area (Å²) in [4.78, 5) is 6.82. The molecule has 1 aromatic carbocycles. The number of aromatic nitrogens is 1. The molecule has 0 bridgehead atoms. The molecule has 0 aliphatic carbocycles. The molecule has 2 aromatic rings. The average Bonchev–Trinajstić information content (AvgIpc) is 2.34. The van der Waals surface area contributed by atoms with Crippen molar-refractivity contribution < 1.29 is 0 Å². The number of benzene rings is 1. The molecule has 4 rings (SSSR count). The highest BCUT2D eigenvalue weighted by atomic mass is 35.5. The molecule has 2 nitrogen and oxygen atoms in total. The molecule has 0 amide bonds. The van der Waals surface area contributed by atoms with Crippen LogP contribution in [0.4, 0.5) is 5.69 Å². The van der Waals surface area contributed by atoms with Gasteiger partial charge in [-0.25, -0.2) is 4.98 Å². The van der Waals surface area contributed by atoms with Gasteiger partial charge >= 0.3 is 0 Å². The number of halogens is 1. The monoisotopic (exact) mass is 318 g/mol. The minimum absolute atomic E-state index is 0.491. The van der Waals surface area contributed by atoms with E-state index in [2.05, 4.69) is 47.6 Å². The maximum absolute atomic E-state index is 6.12. The van der Waals surface area contributed by atoms with E-state index in [-0.39, 0.29) is 0 Å². The van der Waals surface area contributed by atoms with Crippen LogP contribution in [-0.4, -0.2) is 29.6 Å². The Kier molecular flexibility index (Phi) is 3.13. The lowest BCUT2D eigenvalue weighted by Gasteiger charge is -2.56. The molecule has 2 saturated heterocycles. The van der Waals surface area contributed by atoms with Crippen molar-refractivity contribution in [2.24, 2.45) is 5.41 Å². The molecule has 4 heteroatoms. The highest BCUT2D eigenvalue weighted by molar-refractivity contribution is 8.00. The first-order valence-corrected chi connectivity index (χ1v) is 9.02. The summed E-state index contributed by atoms with van der Waals surface area (Å²) < 4.78 is 0. The van der Waals surface area contributed by atoms with Crippen molar-refractivity contribution in [3.05, 3.63) is 35.1 Å². The first kappa shape index (κ1) is 13.7. The van der Waals surface area contributed by atoms with Crippen LogP contribution in [0.1, 0.15) is 25.3 Å². The maximum Gasteiger partial charge on any atom is 0.129 e. The Morgan fingerprint density at radius 2 is 2.00 bits per heavy atom. The molecule has 21 heavy (non-hydrogen) atoms. The van der Waals surface area contributed by atoms with Gasteiger partial charge in [0.1, 0.15) is 5.15 Å². The van der Waals surface area contributed by atoms with Gasteiger partial charge in [-0.15, -0.1) is 0 Å². The Morgan fingerprint density at radius 1 is 1.24 bits per heavy atom. The van der Waals surface area contributed by atoms with E-state index in [0.29, 0.717) is 16.5 Å². The topological polar surface area (TPSA) is 16.1 Å². The molecule has 1 aromatic heterocycles. The summed E-state index contributed by atoms with van der Waals surface area (Å²) in [7, 11) is 0. The van der Waals surface area contributed by atoms with E-state index in [1.54, 1.807) is 0 Å². The third-order valence-corrected chi connectivity index (χ3v) is 6.55. The minimum atomic E-state index is 0.491. The van der Waals surface area contributed by atoms with Gasteiger partial charge in [-0.1, -0.05) is 31.5 Å². The van der Waals surface area contributed by atoms with Crippen molar-refractivity contribution in [1.29, 1.82) is 0 Å². The standard InChI is InChI=1S/C17H19ClN2S/c1-11(2)12-3-4-15(14-6-19-16(18)5-13(12)14)20-7-17(8-20)9-21-10-17/h3-6,11H,7-10H2,1-2H3. The number of hydrogen-bond acceptors (Lipinski definition) is 3. The SMILES string of the molecule is CC(C)c1ccc(N2CC3(CSC3)C2)c2cnc(Cl)cc12. The molecule has 0 N–H and O–H groups in total. The number of rotatable bonds is 2. The van der Waals surface area contributed by atoms with E-state index in [9.17, 15) is 0 Å². The largest absolute Gasteiger partial charge is 0.370 e. The summed E-state index contributed by atoms with van der Waals surface area (Å²) in [6.07, 6.45) is 1.94. The van der Waals surface area contributed by atoms with Crippen molar-refractivity contribution in [2.75, 3.05) is 29.5 Å². The van der Waals surface area contributed by atoms with Crippen LogP contribution < -0.4 is 4.90 Å². The molecule has 0 atom stereocenters. The van der Waals surface area contributed by atoms with Gasteiger partial charge in [0.05, 0.1) is 0 Å². The highest BCUT2D eigenvalue weighted by Crippen LogP contribution is 2.48. The number of nitrogens with zero attached hydrogens (tertiary/aromatic N) is 2. The lowest BCUT2D eigenvalue weighted by Crippen LogP contribution is -2.63. The predicted octanol–water partition coefficient (Wildman–Crippen LogP) is 4.56. The molecule has 3 heterocycles. The van der Waals surface area contributed by atoms with Gasteiger partial charge in [-0.2, -0.15) is 11.8 Å². The fraction of sp³-hybridized carbons (Fsp3) is 0.471. The van der Waals surface area contributed by atoms with Crippen molar-refractivity contribution >= 4 is 39.8 Å². The first-order valence-electron chi connectivity index (χ1n) is 7.49. The van der Waals surface area contributed by atoms with Crippen molar-refractivity contribution in [1.82, 2.24) is 4.98 Å². The first-order chi connectivity index (χ1) is 10.1. The molecular weight excluding hydrogens is 300 g/mol. The van der Waals surface area contributed by atoms with Gasteiger partial charge in [0, 0.05) is 47.3 Å². The summed E-state index contributed by atoms with van der Waals surface area (Å²) in [5.74, 6) is 3.15. The van der Waals surface area contributed by atoms with E-state index in [0.717, 1.165) is 0 Å². The summed E-state index contributed by atoms with van der Waals surface area (Å²) in [5, 5.41) is 3.08. The Bertz CT molecular complexity index is 701. The van der Waals surface area contributed by atoms with E-state index >= 15 is 0 Å². The van der Waals surface area contributed by atoms with Gasteiger partial charge < -0.3 is 4.90 Å². The van der Waals surface area contributed by atoms with Crippen LogP contribution in [0.3, 0.4) is 0 Å². The van der Waals surface area contributed by atoms with E-state index in [1.165, 1.54) is 46.6 Å². The lowest BCUT2D eigenvalue weighted by molar-refractivity contribution is 0.273. The zero-order chi connectivity index (χ0) is 14.6. The Balaban J connectivity index is 1.78. The fourth-order valence-electron chi connectivity index (χ4n) is 3.51. The van der Waals surface area contributed by atoms with Gasteiger partial charge in [0.25, 0.3) is 0 Å². The van der Waals surface area contributed by atoms with E-state index in [4.69, 9.17) is 11.6 Å². The summed E-state index contributed by atoms with van der Waals surface area (Å²) in [5.41, 5.74) is 3.28. The zero-order valence-electron chi connectivity index (χ0n) is 12.4. The Morgan fingerprint density at radius 3 is 2.62 bits per heavy atom. The van der Waals surface area contributed by atoms with Gasteiger partial charge in [-0.3, -0.25) is 0 Å². The summed E-state index contributed by atoms with van der Waals surface area (Å²) in [6.45, 7) is 6.84. The number of anilines is 1. The molecular formula is C17H19ClN2S. The van der Waals surface area contributed by atoms with Crippen LogP contribution >= 0.6 is 23.4 Å². The lowest BCUT2D eigenvalue weighted by atomic mass is 9.82. The van der Waals surface area contributed by atoms with E-state index < -0.39 is 0 Å². The van der Waals surface area contributed by atoms with Crippen LogP contribution in [0.25, 0.3) is 10.8 Å². The fourth-order valence-corrected chi connectivity index (χ4v) is 4.81. The highest BCUT2D eigenvalue weighted by Gasteiger charge is 2.48. The molecule has 2 aliphatic heterocycles. The molecule has 2 aliphatic rings. The minimum Gasteiger partial charge on any atom is -0.370 e. The molecule has 110 valence electrons. The summed E-state index contributed by atoms with van der Waals surface area (Å²) in [6, 6.07) is 6.55. The Labute approximate surface area is 134 Å². The maximum atomic E-state index is 6.12. The molecule has 0 saturated carbocycles. The second-order valence-corrected chi connectivity index (χ2v) is 8.10. The molecule has 0 unspecified atom stereocenters. The van der Waals surface area contributed by atoms with Crippen LogP contribution in [0.15, 0.2) is 24.4 Å². The van der Waals surface area contributed by atoms with Gasteiger partial charge in [-0.05, 0) is 29.0 Å². The average molecular weight is 319 g/mol. The van der Waals surface area contributed by atoms with Crippen LogP contribution in [0.5, 0.6) is 0 Å². The van der Waals surface area contributed by atoms with Crippen molar-refractivity contribution in [3.63, 3.8) is 0 Å². The number of hydrogen-bond donors (Lipinski definition) is 0. The predicted molar refractivity (Wildman–Crippen MR) is 92.8 cm³/mol. The third-order valence-electron chi connectivity index (χ3n) is 4.71. The quantitative estimate of drug-likeness (QED) is 0.755. The van der Waals surface area contributed by atoms with Crippen molar-refractivity contribution in [2.45, 2.75) is 19.8 Å². The normalized spacial score (nSPS) is 19.9. The van der Waals surface area contributed by atoms with Gasteiger partial charge in [0.15, 0.2) is 0 Å². The number of pyridine rings is 1. The number of thioether (sulfide) groups is 1. The molecule has 1 spiro atoms. The van der Waals surface area contributed by atoms with Crippen LogP contribution in [-0.2, 0) is 0 Å². The van der Waals surface area contributed by atoms with Crippen molar-refractivity contribution in [3.8, 4) is 0 Å². The Hall–Kier alpha value is -0.930. The second-order valence-electron chi connectivity index (χ2n) is 6.73. The molecule has 0 radical (unpaired) electrons. The van der Waals surface area contributed by atoms with Gasteiger partial charge in [0.2, 0.25) is 0 Å². The van der Waals surface area contributed by atoms with Crippen LogP contribution in [0.2, 0.25) is 5.15 Å².